The fourth-order valence-corrected chi connectivity index (χ4v) is 5.18. The van der Waals surface area contributed by atoms with Crippen molar-refractivity contribution in [1.29, 1.82) is 0 Å². The quantitative estimate of drug-likeness (QED) is 0.288. The highest BCUT2D eigenvalue weighted by molar-refractivity contribution is 5.96. The maximum absolute atomic E-state index is 15.0. The van der Waals surface area contributed by atoms with E-state index in [4.69, 9.17) is 11.5 Å². The molecule has 3 saturated heterocycles. The summed E-state index contributed by atoms with van der Waals surface area (Å²) in [5.41, 5.74) is 12.3. The first-order valence-corrected chi connectivity index (χ1v) is 12.5. The zero-order valence-corrected chi connectivity index (χ0v) is 20.6. The number of carbonyl (C=O) groups excluding carboxylic acids is 2. The van der Waals surface area contributed by atoms with Gasteiger partial charge in [0.05, 0.1) is 42.9 Å². The average Bonchev–Trinajstić information content (AvgIpc) is 2.83. The molecule has 0 aliphatic carbocycles. The third kappa shape index (κ3) is 6.27. The van der Waals surface area contributed by atoms with Crippen molar-refractivity contribution >= 4 is 23.2 Å². The van der Waals surface area contributed by atoms with Crippen LogP contribution in [0.4, 0.5) is 20.2 Å². The van der Waals surface area contributed by atoms with Crippen molar-refractivity contribution in [2.75, 3.05) is 69.6 Å². The van der Waals surface area contributed by atoms with E-state index < -0.39 is 36.1 Å². The van der Waals surface area contributed by atoms with Gasteiger partial charge < -0.3 is 26.6 Å². The number of hydrogen-bond acceptors (Lipinski definition) is 9. The van der Waals surface area contributed by atoms with Gasteiger partial charge in [-0.2, -0.15) is 0 Å². The SMILES string of the molecule is CN1CCN(CC2CCN(c3c(F)cncc3NC(=O)C(C(N)N)C3NCC(F)CN3)CC2)CC1=O. The number of nitrogens with one attached hydrogen (secondary N) is 3. The number of anilines is 2. The summed E-state index contributed by atoms with van der Waals surface area (Å²) in [6, 6.07) is 0. The van der Waals surface area contributed by atoms with Crippen LogP contribution in [0.2, 0.25) is 0 Å². The minimum Gasteiger partial charge on any atom is -0.367 e. The molecule has 0 spiro atoms. The van der Waals surface area contributed by atoms with Crippen LogP contribution in [-0.2, 0) is 9.59 Å². The van der Waals surface area contributed by atoms with Crippen molar-refractivity contribution in [3.8, 4) is 0 Å². The lowest BCUT2D eigenvalue weighted by Crippen LogP contribution is -2.64. The van der Waals surface area contributed by atoms with E-state index in [2.05, 4.69) is 25.8 Å². The van der Waals surface area contributed by atoms with Gasteiger partial charge in [-0.05, 0) is 18.8 Å². The Bertz CT molecular complexity index is 921. The Morgan fingerprint density at radius 3 is 2.53 bits per heavy atom. The first-order chi connectivity index (χ1) is 17.2. The lowest BCUT2D eigenvalue weighted by molar-refractivity contribution is -0.134. The Kier molecular flexibility index (Phi) is 8.67. The standard InChI is InChI=1S/C23H37F2N9O2/c1-32-6-7-33(13-18(32)35)12-14-2-4-34(5-3-14)20-16(25)10-28-11-17(20)31-23(36)19(21(26)27)22-29-8-15(24)9-30-22/h10-11,14-15,19,21-22,29-30H,2-9,12-13,26-27H2,1H3,(H,31,36). The lowest BCUT2D eigenvalue weighted by Gasteiger charge is -2.39. The summed E-state index contributed by atoms with van der Waals surface area (Å²) in [4.78, 5) is 34.9. The average molecular weight is 510 g/mol. The van der Waals surface area contributed by atoms with Crippen LogP contribution in [0.1, 0.15) is 12.8 Å². The second-order valence-electron chi connectivity index (χ2n) is 9.98. The van der Waals surface area contributed by atoms with Crippen molar-refractivity contribution in [3.63, 3.8) is 0 Å². The van der Waals surface area contributed by atoms with Gasteiger partial charge in [0.2, 0.25) is 11.8 Å². The summed E-state index contributed by atoms with van der Waals surface area (Å²) < 4.78 is 28.5. The molecule has 1 aromatic heterocycles. The van der Waals surface area contributed by atoms with E-state index in [1.165, 1.54) is 6.20 Å². The molecule has 3 aliphatic rings. The summed E-state index contributed by atoms with van der Waals surface area (Å²) in [7, 11) is 1.82. The zero-order valence-electron chi connectivity index (χ0n) is 20.6. The molecule has 1 atom stereocenters. The number of piperazine rings is 1. The smallest absolute Gasteiger partial charge is 0.236 e. The number of carbonyl (C=O) groups is 2. The van der Waals surface area contributed by atoms with Gasteiger partial charge in [0.1, 0.15) is 11.9 Å². The molecule has 4 heterocycles. The number of aromatic nitrogens is 1. The molecule has 0 radical (unpaired) electrons. The van der Waals surface area contributed by atoms with E-state index in [1.807, 2.05) is 11.9 Å². The van der Waals surface area contributed by atoms with Crippen LogP contribution < -0.4 is 32.3 Å². The van der Waals surface area contributed by atoms with E-state index in [-0.39, 0.29) is 30.4 Å². The number of nitrogens with zero attached hydrogens (tertiary/aromatic N) is 4. The molecule has 0 saturated carbocycles. The third-order valence-electron chi connectivity index (χ3n) is 7.31. The van der Waals surface area contributed by atoms with Crippen LogP contribution in [0.25, 0.3) is 0 Å². The summed E-state index contributed by atoms with van der Waals surface area (Å²) in [6.07, 6.45) is 1.52. The van der Waals surface area contributed by atoms with Crippen molar-refractivity contribution in [2.24, 2.45) is 23.3 Å². The van der Waals surface area contributed by atoms with Crippen molar-refractivity contribution in [1.82, 2.24) is 25.4 Å². The van der Waals surface area contributed by atoms with Crippen molar-refractivity contribution in [3.05, 3.63) is 18.2 Å². The van der Waals surface area contributed by atoms with Gasteiger partial charge in [0.25, 0.3) is 0 Å². The minimum absolute atomic E-state index is 0.0815. The first kappa shape index (κ1) is 26.6. The van der Waals surface area contributed by atoms with Crippen LogP contribution >= 0.6 is 0 Å². The number of likely N-dealkylation sites (N-methyl/N-ethyl adjacent to an activating group) is 1. The number of piperidine rings is 1. The molecular weight excluding hydrogens is 472 g/mol. The van der Waals surface area contributed by atoms with Gasteiger partial charge in [-0.25, -0.2) is 8.78 Å². The summed E-state index contributed by atoms with van der Waals surface area (Å²) in [6.45, 7) is 4.26. The fraction of sp³-hybridized carbons (Fsp3) is 0.696. The topological polar surface area (TPSA) is 145 Å². The highest BCUT2D eigenvalue weighted by Gasteiger charge is 2.36. The molecule has 0 aromatic carbocycles. The number of halogens is 2. The lowest BCUT2D eigenvalue weighted by atomic mass is 9.95. The molecule has 36 heavy (non-hydrogen) atoms. The molecule has 1 aromatic rings. The highest BCUT2D eigenvalue weighted by atomic mass is 19.1. The Labute approximate surface area is 209 Å². The number of hydrogen-bond donors (Lipinski definition) is 5. The summed E-state index contributed by atoms with van der Waals surface area (Å²) in [5.74, 6) is -1.40. The molecule has 7 N–H and O–H groups in total. The molecule has 4 rings (SSSR count). The normalized spacial score (nSPS) is 25.3. The van der Waals surface area contributed by atoms with Crippen LogP contribution in [-0.4, -0.2) is 105 Å². The predicted molar refractivity (Wildman–Crippen MR) is 132 cm³/mol. The fourth-order valence-electron chi connectivity index (χ4n) is 5.18. The second-order valence-corrected chi connectivity index (χ2v) is 9.98. The van der Waals surface area contributed by atoms with Crippen LogP contribution in [0.15, 0.2) is 12.4 Å². The van der Waals surface area contributed by atoms with Gasteiger partial charge in [0, 0.05) is 52.9 Å². The third-order valence-corrected chi connectivity index (χ3v) is 7.31. The molecule has 13 heteroatoms. The Hall–Kier alpha value is -2.45. The molecule has 0 bridgehead atoms. The van der Waals surface area contributed by atoms with Gasteiger partial charge in [-0.1, -0.05) is 0 Å². The van der Waals surface area contributed by atoms with E-state index in [1.54, 1.807) is 4.90 Å². The van der Waals surface area contributed by atoms with E-state index in [0.717, 1.165) is 38.7 Å². The minimum atomic E-state index is -1.07. The Morgan fingerprint density at radius 2 is 1.89 bits per heavy atom. The van der Waals surface area contributed by atoms with E-state index >= 15 is 0 Å². The first-order valence-electron chi connectivity index (χ1n) is 12.5. The largest absolute Gasteiger partial charge is 0.367 e. The highest BCUT2D eigenvalue weighted by Crippen LogP contribution is 2.32. The van der Waals surface area contributed by atoms with Crippen molar-refractivity contribution in [2.45, 2.75) is 31.3 Å². The number of alkyl halides is 1. The zero-order chi connectivity index (χ0) is 25.8. The van der Waals surface area contributed by atoms with Gasteiger partial charge >= 0.3 is 0 Å². The van der Waals surface area contributed by atoms with Gasteiger partial charge in [-0.3, -0.25) is 30.1 Å². The molecule has 3 aliphatic heterocycles. The predicted octanol–water partition coefficient (Wildman–Crippen LogP) is -1.13. The van der Waals surface area contributed by atoms with E-state index in [0.29, 0.717) is 25.6 Å². The van der Waals surface area contributed by atoms with Crippen molar-refractivity contribution < 1.29 is 18.4 Å². The Balaban J connectivity index is 1.39. The number of rotatable bonds is 7. The maximum atomic E-state index is 15.0. The summed E-state index contributed by atoms with van der Waals surface area (Å²) in [5, 5.41) is 8.59. The molecule has 11 nitrogen and oxygen atoms in total. The second kappa shape index (κ2) is 11.7. The molecule has 3 fully saturated rings. The number of nitrogens with two attached hydrogens (primary N) is 2. The molecule has 1 unspecified atom stereocenters. The molecule has 200 valence electrons. The monoisotopic (exact) mass is 509 g/mol. The number of amides is 2. The van der Waals surface area contributed by atoms with Gasteiger partial charge in [0.15, 0.2) is 5.82 Å². The molecular formula is C23H37F2N9O2. The van der Waals surface area contributed by atoms with E-state index in [9.17, 15) is 18.4 Å². The van der Waals surface area contributed by atoms with Crippen LogP contribution in [0.5, 0.6) is 0 Å². The van der Waals surface area contributed by atoms with Crippen LogP contribution in [0, 0.1) is 17.7 Å². The maximum Gasteiger partial charge on any atom is 0.236 e. The van der Waals surface area contributed by atoms with Crippen LogP contribution in [0.3, 0.4) is 0 Å². The number of pyridine rings is 1. The van der Waals surface area contributed by atoms with Gasteiger partial charge in [-0.15, -0.1) is 0 Å². The molecule has 2 amide bonds. The summed E-state index contributed by atoms with van der Waals surface area (Å²) >= 11 is 0. The Morgan fingerprint density at radius 1 is 1.19 bits per heavy atom.